The van der Waals surface area contributed by atoms with E-state index in [-0.39, 0.29) is 0 Å². The Kier molecular flexibility index (Phi) is 3.76. The fourth-order valence-electron chi connectivity index (χ4n) is 1.73. The van der Waals surface area contributed by atoms with Crippen molar-refractivity contribution in [3.05, 3.63) is 70.8 Å². The second kappa shape index (κ2) is 5.67. The maximum absolute atomic E-state index is 9.24. The molecule has 2 heteroatoms. The van der Waals surface area contributed by atoms with Crippen molar-refractivity contribution in [2.45, 2.75) is 6.92 Å². The second-order valence-electron chi connectivity index (χ2n) is 4.27. The largest absolute Gasteiger partial charge is 0.192 e. The maximum Gasteiger partial charge on any atom is 0.0998 e. The molecule has 0 fully saturated rings. The van der Waals surface area contributed by atoms with Crippen LogP contribution >= 0.6 is 0 Å². The van der Waals surface area contributed by atoms with Crippen molar-refractivity contribution in [3.8, 4) is 12.1 Å². The van der Waals surface area contributed by atoms with E-state index in [1.807, 2.05) is 37.3 Å². The van der Waals surface area contributed by atoms with Crippen LogP contribution in [0.25, 0.3) is 11.6 Å². The van der Waals surface area contributed by atoms with E-state index in [0.29, 0.717) is 11.1 Å². The standard InChI is InChI=1S/C17H12N2/c1-13-2-4-14(5-3-13)10-17(12-19)16-8-6-15(11-18)7-9-16/h2-10H,1H3/b17-10-. The van der Waals surface area contributed by atoms with E-state index in [2.05, 4.69) is 12.1 Å². The minimum atomic E-state index is 0.591. The zero-order valence-electron chi connectivity index (χ0n) is 10.6. The summed E-state index contributed by atoms with van der Waals surface area (Å²) in [7, 11) is 0. The van der Waals surface area contributed by atoms with Gasteiger partial charge in [0.1, 0.15) is 0 Å². The maximum atomic E-state index is 9.24. The van der Waals surface area contributed by atoms with Crippen molar-refractivity contribution in [1.82, 2.24) is 0 Å². The number of hydrogen-bond acceptors (Lipinski definition) is 2. The molecule has 0 amide bonds. The van der Waals surface area contributed by atoms with Crippen LogP contribution in [0.5, 0.6) is 0 Å². The summed E-state index contributed by atoms with van der Waals surface area (Å²) in [6.07, 6.45) is 1.85. The molecule has 2 rings (SSSR count). The van der Waals surface area contributed by atoms with E-state index in [4.69, 9.17) is 5.26 Å². The lowest BCUT2D eigenvalue weighted by Gasteiger charge is -2.00. The fraction of sp³-hybridized carbons (Fsp3) is 0.0588. The molecule has 0 unspecified atom stereocenters. The van der Waals surface area contributed by atoms with E-state index in [1.165, 1.54) is 5.56 Å². The molecule has 0 spiro atoms. The van der Waals surface area contributed by atoms with Crippen LogP contribution < -0.4 is 0 Å². The average Bonchev–Trinajstić information content (AvgIpc) is 2.47. The molecule has 0 saturated carbocycles. The smallest absolute Gasteiger partial charge is 0.0998 e. The Labute approximate surface area is 112 Å². The molecule has 19 heavy (non-hydrogen) atoms. The lowest BCUT2D eigenvalue weighted by Crippen LogP contribution is -1.83. The average molecular weight is 244 g/mol. The Morgan fingerprint density at radius 1 is 0.947 bits per heavy atom. The van der Waals surface area contributed by atoms with Gasteiger partial charge in [0, 0.05) is 0 Å². The molecule has 2 nitrogen and oxygen atoms in total. The molecule has 0 saturated heterocycles. The van der Waals surface area contributed by atoms with Gasteiger partial charge in [-0.3, -0.25) is 0 Å². The first-order chi connectivity index (χ1) is 9.22. The first-order valence-electron chi connectivity index (χ1n) is 5.92. The van der Waals surface area contributed by atoms with Crippen LogP contribution in [-0.2, 0) is 0 Å². The van der Waals surface area contributed by atoms with Crippen LogP contribution in [0, 0.1) is 29.6 Å². The number of allylic oxidation sites excluding steroid dienone is 1. The highest BCUT2D eigenvalue weighted by Crippen LogP contribution is 2.18. The predicted molar refractivity (Wildman–Crippen MR) is 75.8 cm³/mol. The van der Waals surface area contributed by atoms with Crippen LogP contribution in [0.2, 0.25) is 0 Å². The molecular formula is C17H12N2. The zero-order valence-corrected chi connectivity index (χ0v) is 10.6. The summed E-state index contributed by atoms with van der Waals surface area (Å²) in [5, 5.41) is 18.0. The molecule has 0 N–H and O–H groups in total. The fourth-order valence-corrected chi connectivity index (χ4v) is 1.73. The highest BCUT2D eigenvalue weighted by molar-refractivity contribution is 5.89. The SMILES string of the molecule is Cc1ccc(/C=C(/C#N)c2ccc(C#N)cc2)cc1. The Morgan fingerprint density at radius 2 is 1.58 bits per heavy atom. The summed E-state index contributed by atoms with van der Waals surface area (Å²) in [5.41, 5.74) is 4.19. The first kappa shape index (κ1) is 12.6. The minimum absolute atomic E-state index is 0.591. The van der Waals surface area contributed by atoms with Gasteiger partial charge in [0.05, 0.1) is 23.3 Å². The molecule has 0 aliphatic rings. The number of benzene rings is 2. The van der Waals surface area contributed by atoms with E-state index in [9.17, 15) is 5.26 Å². The Balaban J connectivity index is 2.36. The quantitative estimate of drug-likeness (QED) is 0.593. The van der Waals surface area contributed by atoms with Crippen LogP contribution in [0.1, 0.15) is 22.3 Å². The summed E-state index contributed by atoms with van der Waals surface area (Å²) in [4.78, 5) is 0. The summed E-state index contributed by atoms with van der Waals surface area (Å²) in [6.45, 7) is 2.03. The number of aryl methyl sites for hydroxylation is 1. The summed E-state index contributed by atoms with van der Waals surface area (Å²) in [6, 6.07) is 19.3. The summed E-state index contributed by atoms with van der Waals surface area (Å²) in [5.74, 6) is 0. The topological polar surface area (TPSA) is 47.6 Å². The molecule has 0 aromatic heterocycles. The third-order valence-corrected chi connectivity index (χ3v) is 2.83. The molecule has 0 aliphatic carbocycles. The van der Waals surface area contributed by atoms with Gasteiger partial charge in [-0.05, 0) is 36.3 Å². The molecule has 2 aromatic carbocycles. The zero-order chi connectivity index (χ0) is 13.7. The predicted octanol–water partition coefficient (Wildman–Crippen LogP) is 3.93. The van der Waals surface area contributed by atoms with Gasteiger partial charge in [-0.25, -0.2) is 0 Å². The van der Waals surface area contributed by atoms with Crippen molar-refractivity contribution in [2.24, 2.45) is 0 Å². The molecule has 0 heterocycles. The van der Waals surface area contributed by atoms with E-state index >= 15 is 0 Å². The van der Waals surface area contributed by atoms with Crippen molar-refractivity contribution in [1.29, 1.82) is 10.5 Å². The minimum Gasteiger partial charge on any atom is -0.192 e. The third kappa shape index (κ3) is 3.09. The first-order valence-corrected chi connectivity index (χ1v) is 5.92. The van der Waals surface area contributed by atoms with Crippen LogP contribution in [0.15, 0.2) is 48.5 Å². The van der Waals surface area contributed by atoms with E-state index in [1.54, 1.807) is 24.3 Å². The Hall–Kier alpha value is -2.84. The highest BCUT2D eigenvalue weighted by atomic mass is 14.3. The van der Waals surface area contributed by atoms with E-state index < -0.39 is 0 Å². The molecule has 2 aromatic rings. The van der Waals surface area contributed by atoms with E-state index in [0.717, 1.165) is 11.1 Å². The molecular weight excluding hydrogens is 232 g/mol. The van der Waals surface area contributed by atoms with Gasteiger partial charge in [-0.2, -0.15) is 10.5 Å². The lowest BCUT2D eigenvalue weighted by atomic mass is 10.0. The van der Waals surface area contributed by atoms with Gasteiger partial charge in [-0.15, -0.1) is 0 Å². The van der Waals surface area contributed by atoms with Gasteiger partial charge in [0.2, 0.25) is 0 Å². The van der Waals surface area contributed by atoms with Gasteiger partial charge in [-0.1, -0.05) is 42.0 Å². The van der Waals surface area contributed by atoms with Gasteiger partial charge >= 0.3 is 0 Å². The van der Waals surface area contributed by atoms with Crippen LogP contribution in [0.3, 0.4) is 0 Å². The van der Waals surface area contributed by atoms with Crippen LogP contribution in [0.4, 0.5) is 0 Å². The summed E-state index contributed by atoms with van der Waals surface area (Å²) >= 11 is 0. The molecule has 90 valence electrons. The normalized spacial score (nSPS) is 10.6. The van der Waals surface area contributed by atoms with Gasteiger partial charge < -0.3 is 0 Å². The Bertz CT molecular complexity index is 678. The Morgan fingerprint density at radius 3 is 2.11 bits per heavy atom. The summed E-state index contributed by atoms with van der Waals surface area (Å²) < 4.78 is 0. The van der Waals surface area contributed by atoms with Crippen LogP contribution in [-0.4, -0.2) is 0 Å². The van der Waals surface area contributed by atoms with Gasteiger partial charge in [0.15, 0.2) is 0 Å². The van der Waals surface area contributed by atoms with Crippen molar-refractivity contribution >= 4 is 11.6 Å². The number of hydrogen-bond donors (Lipinski definition) is 0. The van der Waals surface area contributed by atoms with Crippen molar-refractivity contribution in [2.75, 3.05) is 0 Å². The van der Waals surface area contributed by atoms with Gasteiger partial charge in [0.25, 0.3) is 0 Å². The number of nitrogens with zero attached hydrogens (tertiary/aromatic N) is 2. The molecule has 0 radical (unpaired) electrons. The van der Waals surface area contributed by atoms with Crippen molar-refractivity contribution in [3.63, 3.8) is 0 Å². The number of nitriles is 2. The highest BCUT2D eigenvalue weighted by Gasteiger charge is 2.01. The third-order valence-electron chi connectivity index (χ3n) is 2.83. The monoisotopic (exact) mass is 244 g/mol. The molecule has 0 atom stereocenters. The molecule has 0 bridgehead atoms. The number of rotatable bonds is 2. The second-order valence-corrected chi connectivity index (χ2v) is 4.27. The van der Waals surface area contributed by atoms with Crippen molar-refractivity contribution < 1.29 is 0 Å². The lowest BCUT2D eigenvalue weighted by molar-refractivity contribution is 1.46. The molecule has 0 aliphatic heterocycles.